The first-order valence-corrected chi connectivity index (χ1v) is 12.6. The molecule has 38 heavy (non-hydrogen) atoms. The van der Waals surface area contributed by atoms with Crippen molar-refractivity contribution in [1.29, 1.82) is 0 Å². The van der Waals surface area contributed by atoms with Crippen molar-refractivity contribution in [2.45, 2.75) is 13.0 Å². The molecule has 3 aromatic carbocycles. The second-order valence-corrected chi connectivity index (χ2v) is 9.09. The van der Waals surface area contributed by atoms with Crippen molar-refractivity contribution in [3.63, 3.8) is 0 Å². The van der Waals surface area contributed by atoms with Crippen LogP contribution in [0.4, 0.5) is 20.6 Å². The predicted molar refractivity (Wildman–Crippen MR) is 140 cm³/mol. The highest BCUT2D eigenvalue weighted by atomic mass is 19.1. The first-order valence-electron chi connectivity index (χ1n) is 12.6. The van der Waals surface area contributed by atoms with E-state index in [1.54, 1.807) is 36.4 Å². The smallest absolute Gasteiger partial charge is 0.414 e. The number of halogens is 1. The molecule has 196 valence electrons. The number of nitrogens with zero attached hydrogens (tertiary/aromatic N) is 3. The van der Waals surface area contributed by atoms with Crippen LogP contribution in [-0.4, -0.2) is 62.2 Å². The molecule has 0 radical (unpaired) electrons. The molecular formula is C29H28FN3O5. The van der Waals surface area contributed by atoms with Crippen molar-refractivity contribution in [3.05, 3.63) is 95.3 Å². The van der Waals surface area contributed by atoms with Gasteiger partial charge in [0.05, 0.1) is 35.7 Å². The van der Waals surface area contributed by atoms with E-state index in [2.05, 4.69) is 0 Å². The molecular weight excluding hydrogens is 489 g/mol. The SMILES string of the molecule is O=C1c2ccccc2C(=O)N1CCCN(C(=O)OCc1ccccc1)c1ccc(N2CCOCC2)c(F)c1. The molecule has 1 fully saturated rings. The van der Waals surface area contributed by atoms with E-state index in [4.69, 9.17) is 9.47 Å². The van der Waals surface area contributed by atoms with Gasteiger partial charge < -0.3 is 14.4 Å². The molecule has 0 N–H and O–H groups in total. The lowest BCUT2D eigenvalue weighted by molar-refractivity contribution is 0.0653. The quantitative estimate of drug-likeness (QED) is 0.410. The molecule has 0 unspecified atom stereocenters. The summed E-state index contributed by atoms with van der Waals surface area (Å²) in [5.74, 6) is -1.17. The Kier molecular flexibility index (Phi) is 7.65. The third-order valence-corrected chi connectivity index (χ3v) is 6.66. The summed E-state index contributed by atoms with van der Waals surface area (Å²) in [4.78, 5) is 43.0. The van der Waals surface area contributed by atoms with Crippen LogP contribution in [-0.2, 0) is 16.1 Å². The van der Waals surface area contributed by atoms with Crippen molar-refractivity contribution in [2.75, 3.05) is 49.2 Å². The Labute approximate surface area is 220 Å². The van der Waals surface area contributed by atoms with Crippen molar-refractivity contribution < 1.29 is 28.2 Å². The number of ether oxygens (including phenoxy) is 2. The maximum Gasteiger partial charge on any atom is 0.414 e. The standard InChI is InChI=1S/C29H28FN3O5/c30-25-19-22(11-12-26(25)31-15-17-37-18-16-31)32(29(36)38-20-21-7-2-1-3-8-21)13-6-14-33-27(34)23-9-4-5-10-24(23)28(33)35/h1-5,7-12,19H,6,13-18,20H2. The third-order valence-electron chi connectivity index (χ3n) is 6.66. The molecule has 5 rings (SSSR count). The third kappa shape index (κ3) is 5.38. The maximum absolute atomic E-state index is 15.2. The number of anilines is 2. The van der Waals surface area contributed by atoms with Crippen LogP contribution in [0, 0.1) is 5.82 Å². The summed E-state index contributed by atoms with van der Waals surface area (Å²) in [5, 5.41) is 0. The second kappa shape index (κ2) is 11.4. The molecule has 8 nitrogen and oxygen atoms in total. The highest BCUT2D eigenvalue weighted by Crippen LogP contribution is 2.27. The van der Waals surface area contributed by atoms with Gasteiger partial charge in [0, 0.05) is 26.2 Å². The summed E-state index contributed by atoms with van der Waals surface area (Å²) < 4.78 is 26.1. The highest BCUT2D eigenvalue weighted by molar-refractivity contribution is 6.21. The van der Waals surface area contributed by atoms with E-state index in [0.29, 0.717) is 55.2 Å². The number of morpholine rings is 1. The van der Waals surface area contributed by atoms with E-state index < -0.39 is 11.9 Å². The Morgan fingerprint density at radius 1 is 0.921 bits per heavy atom. The number of benzene rings is 3. The lowest BCUT2D eigenvalue weighted by Gasteiger charge is -2.30. The summed E-state index contributed by atoms with van der Waals surface area (Å²) in [6.45, 7) is 2.51. The molecule has 0 aromatic heterocycles. The summed E-state index contributed by atoms with van der Waals surface area (Å²) in [5.41, 5.74) is 2.34. The second-order valence-electron chi connectivity index (χ2n) is 9.09. The van der Waals surface area contributed by atoms with Gasteiger partial charge in [0.25, 0.3) is 11.8 Å². The van der Waals surface area contributed by atoms with Gasteiger partial charge in [0.1, 0.15) is 12.4 Å². The Hall–Kier alpha value is -4.24. The van der Waals surface area contributed by atoms with Gasteiger partial charge in [-0.1, -0.05) is 42.5 Å². The molecule has 0 aliphatic carbocycles. The van der Waals surface area contributed by atoms with Gasteiger partial charge in [-0.3, -0.25) is 19.4 Å². The van der Waals surface area contributed by atoms with Crippen LogP contribution in [0.1, 0.15) is 32.7 Å². The van der Waals surface area contributed by atoms with E-state index in [1.165, 1.54) is 15.9 Å². The van der Waals surface area contributed by atoms with Crippen LogP contribution >= 0.6 is 0 Å². The van der Waals surface area contributed by atoms with Crippen LogP contribution in [0.25, 0.3) is 0 Å². The van der Waals surface area contributed by atoms with Crippen LogP contribution < -0.4 is 9.80 Å². The molecule has 3 aromatic rings. The van der Waals surface area contributed by atoms with Gasteiger partial charge in [0.2, 0.25) is 0 Å². The molecule has 2 aliphatic heterocycles. The molecule has 1 saturated heterocycles. The molecule has 0 bridgehead atoms. The monoisotopic (exact) mass is 517 g/mol. The summed E-state index contributed by atoms with van der Waals surface area (Å²) in [6.07, 6.45) is -0.353. The Bertz CT molecular complexity index is 1290. The van der Waals surface area contributed by atoms with E-state index in [9.17, 15) is 14.4 Å². The maximum atomic E-state index is 15.2. The molecule has 2 heterocycles. The highest BCUT2D eigenvalue weighted by Gasteiger charge is 2.34. The number of amides is 3. The van der Waals surface area contributed by atoms with Gasteiger partial charge >= 0.3 is 6.09 Å². The lowest BCUT2D eigenvalue weighted by atomic mass is 10.1. The van der Waals surface area contributed by atoms with Crippen LogP contribution in [0.2, 0.25) is 0 Å². The lowest BCUT2D eigenvalue weighted by Crippen LogP contribution is -2.37. The zero-order chi connectivity index (χ0) is 26.5. The van der Waals surface area contributed by atoms with Crippen LogP contribution in [0.5, 0.6) is 0 Å². The summed E-state index contributed by atoms with van der Waals surface area (Å²) in [7, 11) is 0. The minimum absolute atomic E-state index is 0.0585. The first kappa shape index (κ1) is 25.4. The first-order chi connectivity index (χ1) is 18.5. The fourth-order valence-corrected chi connectivity index (χ4v) is 4.68. The molecule has 9 heteroatoms. The Morgan fingerprint density at radius 2 is 1.58 bits per heavy atom. The van der Waals surface area contributed by atoms with Crippen LogP contribution in [0.15, 0.2) is 72.8 Å². The minimum atomic E-state index is -0.644. The zero-order valence-electron chi connectivity index (χ0n) is 20.8. The topological polar surface area (TPSA) is 79.4 Å². The number of carbonyl (C=O) groups excluding carboxylic acids is 3. The summed E-state index contributed by atoms with van der Waals surface area (Å²) in [6, 6.07) is 20.6. The summed E-state index contributed by atoms with van der Waals surface area (Å²) >= 11 is 0. The van der Waals surface area contributed by atoms with E-state index in [-0.39, 0.29) is 31.5 Å². The van der Waals surface area contributed by atoms with E-state index >= 15 is 4.39 Å². The average molecular weight is 518 g/mol. The number of imide groups is 1. The largest absolute Gasteiger partial charge is 0.444 e. The van der Waals surface area contributed by atoms with Gasteiger partial charge in [-0.15, -0.1) is 0 Å². The average Bonchev–Trinajstić information content (AvgIpc) is 3.20. The molecule has 2 aliphatic rings. The van der Waals surface area contributed by atoms with Gasteiger partial charge in [-0.25, -0.2) is 9.18 Å². The van der Waals surface area contributed by atoms with Crippen molar-refractivity contribution in [1.82, 2.24) is 4.90 Å². The van der Waals surface area contributed by atoms with Gasteiger partial charge in [-0.2, -0.15) is 0 Å². The number of carbonyl (C=O) groups is 3. The number of hydrogen-bond donors (Lipinski definition) is 0. The molecule has 3 amide bonds. The fourth-order valence-electron chi connectivity index (χ4n) is 4.68. The van der Waals surface area contributed by atoms with Crippen LogP contribution in [0.3, 0.4) is 0 Å². The normalized spacial score (nSPS) is 15.0. The molecule has 0 saturated carbocycles. The predicted octanol–water partition coefficient (Wildman–Crippen LogP) is 4.49. The molecule has 0 atom stereocenters. The van der Waals surface area contributed by atoms with Crippen molar-refractivity contribution in [2.24, 2.45) is 0 Å². The van der Waals surface area contributed by atoms with Crippen molar-refractivity contribution in [3.8, 4) is 0 Å². The van der Waals surface area contributed by atoms with Gasteiger partial charge in [0.15, 0.2) is 0 Å². The Morgan fingerprint density at radius 3 is 2.24 bits per heavy atom. The number of hydrogen-bond acceptors (Lipinski definition) is 6. The van der Waals surface area contributed by atoms with E-state index in [1.807, 2.05) is 35.2 Å². The zero-order valence-corrected chi connectivity index (χ0v) is 20.8. The van der Waals surface area contributed by atoms with E-state index in [0.717, 1.165) is 5.56 Å². The number of fused-ring (bicyclic) bond motifs is 1. The van der Waals surface area contributed by atoms with Gasteiger partial charge in [-0.05, 0) is 42.3 Å². The Balaban J connectivity index is 1.30. The molecule has 0 spiro atoms. The van der Waals surface area contributed by atoms with Crippen molar-refractivity contribution >= 4 is 29.3 Å². The minimum Gasteiger partial charge on any atom is -0.444 e. The fraction of sp³-hybridized carbons (Fsp3) is 0.276. The number of rotatable bonds is 8.